The van der Waals surface area contributed by atoms with Crippen LogP contribution in [0.1, 0.15) is 16.1 Å². The molecule has 124 valence electrons. The lowest BCUT2D eigenvalue weighted by Gasteiger charge is -2.02. The van der Waals surface area contributed by atoms with Crippen LogP contribution in [-0.4, -0.2) is 24.2 Å². The molecule has 0 spiro atoms. The number of allylic oxidation sites excluding steroid dienone is 1. The first-order valence-corrected chi connectivity index (χ1v) is 7.77. The highest BCUT2D eigenvalue weighted by atomic mass is 16.5. The van der Waals surface area contributed by atoms with Crippen molar-refractivity contribution in [3.05, 3.63) is 78.0 Å². The minimum absolute atomic E-state index is 0.324. The Hall–Kier alpha value is -3.47. The fraction of sp³-hybridized carbons (Fsp3) is 0.0500. The Morgan fingerprint density at radius 3 is 2.76 bits per heavy atom. The van der Waals surface area contributed by atoms with Crippen LogP contribution in [0.25, 0.3) is 17.0 Å². The summed E-state index contributed by atoms with van der Waals surface area (Å²) in [7, 11) is 1.62. The van der Waals surface area contributed by atoms with Crippen molar-refractivity contribution < 1.29 is 9.53 Å². The summed E-state index contributed by atoms with van der Waals surface area (Å²) in [6.07, 6.45) is 5.08. The third-order valence-electron chi connectivity index (χ3n) is 3.57. The Morgan fingerprint density at radius 2 is 1.88 bits per heavy atom. The minimum atomic E-state index is -0.354. The number of amides is 1. The van der Waals surface area contributed by atoms with Crippen molar-refractivity contribution in [2.75, 3.05) is 7.11 Å². The van der Waals surface area contributed by atoms with Crippen LogP contribution in [0, 0.1) is 0 Å². The number of hydrogen-bond acceptors (Lipinski definition) is 4. The lowest BCUT2D eigenvalue weighted by molar-refractivity contribution is 0.0950. The summed E-state index contributed by atoms with van der Waals surface area (Å²) in [5, 5.41) is 4.89. The van der Waals surface area contributed by atoms with Crippen LogP contribution >= 0.6 is 0 Å². The average molecular weight is 331 g/mol. The zero-order valence-corrected chi connectivity index (χ0v) is 13.7. The highest BCUT2D eigenvalue weighted by molar-refractivity contribution is 5.95. The van der Waals surface area contributed by atoms with E-state index >= 15 is 0 Å². The molecule has 0 fully saturated rings. The zero-order valence-electron chi connectivity index (χ0n) is 13.7. The van der Waals surface area contributed by atoms with E-state index in [-0.39, 0.29) is 5.91 Å². The van der Waals surface area contributed by atoms with Gasteiger partial charge in [0, 0.05) is 17.2 Å². The summed E-state index contributed by atoms with van der Waals surface area (Å²) in [6.45, 7) is 0. The Balaban J connectivity index is 1.63. The van der Waals surface area contributed by atoms with Crippen molar-refractivity contribution in [3.63, 3.8) is 0 Å². The van der Waals surface area contributed by atoms with E-state index in [1.165, 1.54) is 6.21 Å². The number of hydrogen-bond donors (Lipinski definition) is 1. The Bertz CT molecular complexity index is 948. The second-order valence-corrected chi connectivity index (χ2v) is 5.21. The first kappa shape index (κ1) is 16.4. The first-order valence-electron chi connectivity index (χ1n) is 7.77. The molecule has 2 aromatic carbocycles. The van der Waals surface area contributed by atoms with Crippen LogP contribution in [0.4, 0.5) is 0 Å². The number of aromatic nitrogens is 1. The van der Waals surface area contributed by atoms with Crippen LogP contribution in [0.2, 0.25) is 0 Å². The molecular formula is C20H17N3O2. The van der Waals surface area contributed by atoms with Crippen molar-refractivity contribution in [1.29, 1.82) is 0 Å². The zero-order chi connectivity index (χ0) is 17.5. The van der Waals surface area contributed by atoms with E-state index in [4.69, 9.17) is 4.74 Å². The normalized spacial score (nSPS) is 11.2. The molecule has 1 amide bonds. The molecule has 0 aliphatic rings. The number of methoxy groups -OCH3 is 1. The van der Waals surface area contributed by atoms with Crippen molar-refractivity contribution >= 4 is 29.1 Å². The number of nitrogens with zero attached hydrogens (tertiary/aromatic N) is 2. The molecule has 1 N–H and O–H groups in total. The molecule has 1 aromatic heterocycles. The number of fused-ring (bicyclic) bond motifs is 1. The molecule has 5 heteroatoms. The summed E-state index contributed by atoms with van der Waals surface area (Å²) in [5.74, 6) is 0.421. The number of para-hydroxylation sites is 2. The van der Waals surface area contributed by atoms with Crippen LogP contribution in [0.15, 0.2) is 71.8 Å². The fourth-order valence-corrected chi connectivity index (χ4v) is 2.34. The van der Waals surface area contributed by atoms with E-state index < -0.39 is 0 Å². The summed E-state index contributed by atoms with van der Waals surface area (Å²) in [5.41, 5.74) is 4.49. The summed E-state index contributed by atoms with van der Waals surface area (Å²) in [6, 6.07) is 18.8. The Labute approximate surface area is 145 Å². The van der Waals surface area contributed by atoms with Crippen molar-refractivity contribution in [2.45, 2.75) is 0 Å². The van der Waals surface area contributed by atoms with Crippen LogP contribution in [0.5, 0.6) is 5.75 Å². The molecule has 25 heavy (non-hydrogen) atoms. The quantitative estimate of drug-likeness (QED) is 0.573. The maximum absolute atomic E-state index is 12.1. The number of hydrazone groups is 1. The van der Waals surface area contributed by atoms with E-state index in [0.717, 1.165) is 22.2 Å². The number of benzene rings is 2. The predicted molar refractivity (Wildman–Crippen MR) is 99.7 cm³/mol. The van der Waals surface area contributed by atoms with Gasteiger partial charge in [-0.1, -0.05) is 42.5 Å². The lowest BCUT2D eigenvalue weighted by Crippen LogP contribution is -2.18. The Morgan fingerprint density at radius 1 is 1.08 bits per heavy atom. The predicted octanol–water partition coefficient (Wildman–Crippen LogP) is 3.67. The van der Waals surface area contributed by atoms with Crippen molar-refractivity contribution in [1.82, 2.24) is 10.4 Å². The smallest absolute Gasteiger partial charge is 0.289 e. The maximum Gasteiger partial charge on any atom is 0.289 e. The molecule has 1 heterocycles. The van der Waals surface area contributed by atoms with Gasteiger partial charge in [-0.15, -0.1) is 0 Å². The number of pyridine rings is 1. The van der Waals surface area contributed by atoms with Gasteiger partial charge >= 0.3 is 0 Å². The van der Waals surface area contributed by atoms with E-state index in [0.29, 0.717) is 5.69 Å². The van der Waals surface area contributed by atoms with Crippen LogP contribution in [-0.2, 0) is 0 Å². The molecule has 0 aliphatic heterocycles. The van der Waals surface area contributed by atoms with Crippen LogP contribution in [0.3, 0.4) is 0 Å². The number of ether oxygens (including phenoxy) is 1. The standard InChI is InChI=1S/C20H17N3O2/c1-25-19-11-5-3-8-16(19)9-6-14-21-23-20(24)18-13-12-15-7-2-4-10-17(15)22-18/h2-14H,1H3,(H,23,24)/b9-6+,21-14+. The van der Waals surface area contributed by atoms with Gasteiger partial charge in [0.05, 0.1) is 12.6 Å². The van der Waals surface area contributed by atoms with Gasteiger partial charge < -0.3 is 4.74 Å². The molecule has 0 aliphatic carbocycles. The summed E-state index contributed by atoms with van der Waals surface area (Å²) < 4.78 is 5.26. The summed E-state index contributed by atoms with van der Waals surface area (Å²) >= 11 is 0. The van der Waals surface area contributed by atoms with E-state index in [2.05, 4.69) is 15.5 Å². The third kappa shape index (κ3) is 4.09. The SMILES string of the molecule is COc1ccccc1/C=C/C=N/NC(=O)c1ccc2ccccc2n1. The van der Waals surface area contributed by atoms with E-state index in [9.17, 15) is 4.79 Å². The number of carbonyl (C=O) groups is 1. The third-order valence-corrected chi connectivity index (χ3v) is 3.57. The van der Waals surface area contributed by atoms with Crippen molar-refractivity contribution in [2.24, 2.45) is 5.10 Å². The molecule has 0 saturated heterocycles. The molecule has 0 saturated carbocycles. The van der Waals surface area contributed by atoms with Gasteiger partial charge in [-0.05, 0) is 30.4 Å². The largest absolute Gasteiger partial charge is 0.496 e. The van der Waals surface area contributed by atoms with Gasteiger partial charge in [0.15, 0.2) is 0 Å². The topological polar surface area (TPSA) is 63.6 Å². The molecule has 0 atom stereocenters. The number of nitrogens with one attached hydrogen (secondary N) is 1. The molecule has 0 radical (unpaired) electrons. The molecule has 3 aromatic rings. The van der Waals surface area contributed by atoms with Crippen molar-refractivity contribution in [3.8, 4) is 5.75 Å². The van der Waals surface area contributed by atoms with E-state index in [1.807, 2.05) is 60.7 Å². The number of rotatable bonds is 5. The lowest BCUT2D eigenvalue weighted by atomic mass is 10.2. The summed E-state index contributed by atoms with van der Waals surface area (Å²) in [4.78, 5) is 16.4. The van der Waals surface area contributed by atoms with E-state index in [1.54, 1.807) is 19.3 Å². The van der Waals surface area contributed by atoms with Crippen LogP contribution < -0.4 is 10.2 Å². The van der Waals surface area contributed by atoms with Gasteiger partial charge in [0.2, 0.25) is 0 Å². The maximum atomic E-state index is 12.1. The molecule has 0 unspecified atom stereocenters. The molecule has 0 bridgehead atoms. The first-order chi connectivity index (χ1) is 12.3. The molecule has 5 nitrogen and oxygen atoms in total. The van der Waals surface area contributed by atoms with Gasteiger partial charge in [-0.3, -0.25) is 4.79 Å². The van der Waals surface area contributed by atoms with Gasteiger partial charge in [0.25, 0.3) is 5.91 Å². The monoisotopic (exact) mass is 331 g/mol. The average Bonchev–Trinajstić information content (AvgIpc) is 2.67. The highest BCUT2D eigenvalue weighted by Gasteiger charge is 2.06. The molecule has 3 rings (SSSR count). The highest BCUT2D eigenvalue weighted by Crippen LogP contribution is 2.18. The van der Waals surface area contributed by atoms with Gasteiger partial charge in [0.1, 0.15) is 11.4 Å². The minimum Gasteiger partial charge on any atom is -0.496 e. The Kier molecular flexibility index (Phi) is 5.16. The van der Waals surface area contributed by atoms with Gasteiger partial charge in [-0.2, -0.15) is 5.10 Å². The number of carbonyl (C=O) groups excluding carboxylic acids is 1. The fourth-order valence-electron chi connectivity index (χ4n) is 2.34. The van der Waals surface area contributed by atoms with Gasteiger partial charge in [-0.25, -0.2) is 10.4 Å². The molecular weight excluding hydrogens is 314 g/mol. The second-order valence-electron chi connectivity index (χ2n) is 5.21. The second kappa shape index (κ2) is 7.88.